The molecule has 0 spiro atoms. The fourth-order valence-corrected chi connectivity index (χ4v) is 1.39. The number of amides is 2. The van der Waals surface area contributed by atoms with Gasteiger partial charge in [0, 0.05) is 12.5 Å². The molecule has 3 N–H and O–H groups in total. The van der Waals surface area contributed by atoms with E-state index >= 15 is 0 Å². The number of anilines is 1. The lowest BCUT2D eigenvalue weighted by Crippen LogP contribution is -2.36. The minimum atomic E-state index is -1.14. The van der Waals surface area contributed by atoms with Crippen LogP contribution in [0.2, 0.25) is 0 Å². The smallest absolute Gasteiger partial charge is 0.319 e. The summed E-state index contributed by atoms with van der Waals surface area (Å²) in [6, 6.07) is 2.31. The standard InChI is InChI=1S/C12H14F2N2O3/c1-7(5-6-10(17)18)15-12(19)16-9-4-2-3-8(13)11(9)14/h2-4,7H,5-6H2,1H3,(H,17,18)(H2,15,16,19). The molecule has 1 rings (SSSR count). The van der Waals surface area contributed by atoms with Crippen molar-refractivity contribution in [2.45, 2.75) is 25.8 Å². The van der Waals surface area contributed by atoms with E-state index in [0.29, 0.717) is 0 Å². The molecule has 5 nitrogen and oxygen atoms in total. The van der Waals surface area contributed by atoms with Crippen LogP contribution in [0.1, 0.15) is 19.8 Å². The Hall–Kier alpha value is -2.18. The number of carbonyl (C=O) groups is 2. The molecule has 1 atom stereocenters. The topological polar surface area (TPSA) is 78.4 Å². The predicted octanol–water partition coefficient (Wildman–Crippen LogP) is 2.34. The summed E-state index contributed by atoms with van der Waals surface area (Å²) in [7, 11) is 0. The van der Waals surface area contributed by atoms with Crippen molar-refractivity contribution in [3.63, 3.8) is 0 Å². The third kappa shape index (κ3) is 4.90. The summed E-state index contributed by atoms with van der Waals surface area (Å²) in [5.41, 5.74) is -0.275. The van der Waals surface area contributed by atoms with Crippen LogP contribution in [0.25, 0.3) is 0 Å². The van der Waals surface area contributed by atoms with Crippen LogP contribution >= 0.6 is 0 Å². The zero-order valence-electron chi connectivity index (χ0n) is 10.2. The molecule has 0 saturated heterocycles. The van der Waals surface area contributed by atoms with E-state index in [1.165, 1.54) is 12.1 Å². The molecule has 1 unspecified atom stereocenters. The second kappa shape index (κ2) is 6.67. The van der Waals surface area contributed by atoms with Gasteiger partial charge < -0.3 is 15.7 Å². The van der Waals surface area contributed by atoms with Crippen LogP contribution in [0.3, 0.4) is 0 Å². The van der Waals surface area contributed by atoms with Gasteiger partial charge >= 0.3 is 12.0 Å². The first-order valence-corrected chi connectivity index (χ1v) is 5.63. The summed E-state index contributed by atoms with van der Waals surface area (Å²) >= 11 is 0. The van der Waals surface area contributed by atoms with Gasteiger partial charge in [0.1, 0.15) is 0 Å². The molecule has 19 heavy (non-hydrogen) atoms. The van der Waals surface area contributed by atoms with Crippen molar-refractivity contribution in [3.05, 3.63) is 29.8 Å². The van der Waals surface area contributed by atoms with Crippen LogP contribution in [0.15, 0.2) is 18.2 Å². The van der Waals surface area contributed by atoms with Crippen LogP contribution in [0, 0.1) is 11.6 Å². The monoisotopic (exact) mass is 272 g/mol. The normalized spacial score (nSPS) is 11.7. The van der Waals surface area contributed by atoms with Crippen molar-refractivity contribution in [3.8, 4) is 0 Å². The van der Waals surface area contributed by atoms with E-state index in [1.807, 2.05) is 0 Å². The number of urea groups is 1. The van der Waals surface area contributed by atoms with Gasteiger partial charge in [-0.2, -0.15) is 0 Å². The highest BCUT2D eigenvalue weighted by atomic mass is 19.2. The van der Waals surface area contributed by atoms with Gasteiger partial charge in [-0.05, 0) is 25.5 Å². The van der Waals surface area contributed by atoms with Crippen molar-refractivity contribution in [2.75, 3.05) is 5.32 Å². The third-order valence-electron chi connectivity index (χ3n) is 2.37. The van der Waals surface area contributed by atoms with Gasteiger partial charge in [-0.1, -0.05) is 6.07 Å². The number of carboxylic acid groups (broad SMARTS) is 1. The number of aliphatic carboxylic acids is 1. The largest absolute Gasteiger partial charge is 0.481 e. The summed E-state index contributed by atoms with van der Waals surface area (Å²) in [6.07, 6.45) is 0.157. The summed E-state index contributed by atoms with van der Waals surface area (Å²) in [5, 5.41) is 13.1. The molecular formula is C12H14F2N2O3. The van der Waals surface area contributed by atoms with Crippen LogP contribution in [0.4, 0.5) is 19.3 Å². The number of halogens is 2. The van der Waals surface area contributed by atoms with Gasteiger partial charge in [0.2, 0.25) is 0 Å². The Morgan fingerprint density at radius 3 is 2.68 bits per heavy atom. The van der Waals surface area contributed by atoms with Crippen LogP contribution in [-0.2, 0) is 4.79 Å². The number of nitrogens with one attached hydrogen (secondary N) is 2. The molecule has 1 aromatic rings. The highest BCUT2D eigenvalue weighted by Crippen LogP contribution is 2.16. The van der Waals surface area contributed by atoms with Crippen molar-refractivity contribution >= 4 is 17.7 Å². The first-order valence-electron chi connectivity index (χ1n) is 5.63. The maximum absolute atomic E-state index is 13.3. The Balaban J connectivity index is 2.51. The summed E-state index contributed by atoms with van der Waals surface area (Å²) in [5.74, 6) is -3.17. The molecule has 0 fully saturated rings. The van der Waals surface area contributed by atoms with Crippen LogP contribution in [0.5, 0.6) is 0 Å². The van der Waals surface area contributed by atoms with Crippen molar-refractivity contribution in [1.29, 1.82) is 0 Å². The average molecular weight is 272 g/mol. The van der Waals surface area contributed by atoms with E-state index in [-0.39, 0.29) is 18.5 Å². The van der Waals surface area contributed by atoms with Crippen molar-refractivity contribution < 1.29 is 23.5 Å². The zero-order valence-corrected chi connectivity index (χ0v) is 10.2. The van der Waals surface area contributed by atoms with E-state index in [0.717, 1.165) is 6.07 Å². The van der Waals surface area contributed by atoms with Gasteiger partial charge in [-0.25, -0.2) is 13.6 Å². The molecule has 7 heteroatoms. The van der Waals surface area contributed by atoms with Crippen molar-refractivity contribution in [2.24, 2.45) is 0 Å². The van der Waals surface area contributed by atoms with E-state index in [9.17, 15) is 18.4 Å². The Bertz CT molecular complexity index is 480. The fourth-order valence-electron chi connectivity index (χ4n) is 1.39. The lowest BCUT2D eigenvalue weighted by molar-refractivity contribution is -0.137. The third-order valence-corrected chi connectivity index (χ3v) is 2.37. The van der Waals surface area contributed by atoms with Crippen molar-refractivity contribution in [1.82, 2.24) is 5.32 Å². The molecule has 0 saturated carbocycles. The predicted molar refractivity (Wildman–Crippen MR) is 64.8 cm³/mol. The summed E-state index contributed by atoms with van der Waals surface area (Å²) < 4.78 is 26.1. The molecule has 2 amide bonds. The van der Waals surface area contributed by atoms with E-state index in [4.69, 9.17) is 5.11 Å². The first kappa shape index (κ1) is 14.9. The van der Waals surface area contributed by atoms with E-state index < -0.39 is 29.7 Å². The summed E-state index contributed by atoms with van der Waals surface area (Å²) in [6.45, 7) is 1.62. The second-order valence-electron chi connectivity index (χ2n) is 4.03. The van der Waals surface area contributed by atoms with Gasteiger partial charge in [-0.3, -0.25) is 4.79 Å². The molecule has 104 valence electrons. The van der Waals surface area contributed by atoms with Crippen LogP contribution < -0.4 is 10.6 Å². The first-order chi connectivity index (χ1) is 8.90. The quantitative estimate of drug-likeness (QED) is 0.769. The molecular weight excluding hydrogens is 258 g/mol. The Kier molecular flexibility index (Phi) is 5.23. The zero-order chi connectivity index (χ0) is 14.4. The SMILES string of the molecule is CC(CCC(=O)O)NC(=O)Nc1cccc(F)c1F. The Labute approximate surface area is 108 Å². The van der Waals surface area contributed by atoms with Gasteiger partial charge in [-0.15, -0.1) is 0 Å². The fraction of sp³-hybridized carbons (Fsp3) is 0.333. The number of rotatable bonds is 5. The molecule has 0 heterocycles. The number of benzene rings is 1. The molecule has 0 radical (unpaired) electrons. The van der Waals surface area contributed by atoms with E-state index in [1.54, 1.807) is 6.92 Å². The van der Waals surface area contributed by atoms with Gasteiger partial charge in [0.15, 0.2) is 11.6 Å². The molecule has 0 aliphatic rings. The minimum Gasteiger partial charge on any atom is -0.481 e. The maximum Gasteiger partial charge on any atom is 0.319 e. The lowest BCUT2D eigenvalue weighted by atomic mass is 10.2. The van der Waals surface area contributed by atoms with E-state index in [2.05, 4.69) is 10.6 Å². The second-order valence-corrected chi connectivity index (χ2v) is 4.03. The molecule has 1 aromatic carbocycles. The lowest BCUT2D eigenvalue weighted by Gasteiger charge is -2.14. The van der Waals surface area contributed by atoms with Crippen LogP contribution in [-0.4, -0.2) is 23.1 Å². The van der Waals surface area contributed by atoms with Gasteiger partial charge in [0.25, 0.3) is 0 Å². The average Bonchev–Trinajstić information content (AvgIpc) is 2.32. The maximum atomic E-state index is 13.3. The highest BCUT2D eigenvalue weighted by molar-refractivity contribution is 5.89. The molecule has 0 aliphatic heterocycles. The minimum absolute atomic E-state index is 0.0875. The number of carboxylic acids is 1. The Morgan fingerprint density at radius 1 is 1.37 bits per heavy atom. The number of hydrogen-bond donors (Lipinski definition) is 3. The van der Waals surface area contributed by atoms with Gasteiger partial charge in [0.05, 0.1) is 5.69 Å². The summed E-state index contributed by atoms with van der Waals surface area (Å²) in [4.78, 5) is 21.8. The molecule has 0 aromatic heterocycles. The number of hydrogen-bond acceptors (Lipinski definition) is 2. The number of carbonyl (C=O) groups excluding carboxylic acids is 1. The Morgan fingerprint density at radius 2 is 2.05 bits per heavy atom. The highest BCUT2D eigenvalue weighted by Gasteiger charge is 2.12. The molecule has 0 bridgehead atoms. The molecule has 0 aliphatic carbocycles.